The molecule has 0 atom stereocenters. The van der Waals surface area contributed by atoms with E-state index in [1.165, 1.54) is 12.1 Å². The molecule has 3 nitrogen and oxygen atoms in total. The summed E-state index contributed by atoms with van der Waals surface area (Å²) < 4.78 is 19.2. The highest BCUT2D eigenvalue weighted by Gasteiger charge is 2.05. The van der Waals surface area contributed by atoms with Crippen LogP contribution in [0.15, 0.2) is 23.6 Å². The number of ether oxygens (including phenoxy) is 1. The van der Waals surface area contributed by atoms with Crippen molar-refractivity contribution in [2.75, 3.05) is 0 Å². The van der Waals surface area contributed by atoms with Crippen LogP contribution in [0.25, 0.3) is 0 Å². The molecule has 0 aliphatic rings. The van der Waals surface area contributed by atoms with Crippen molar-refractivity contribution in [3.63, 3.8) is 0 Å². The van der Waals surface area contributed by atoms with Crippen molar-refractivity contribution in [2.24, 2.45) is 0 Å². The van der Waals surface area contributed by atoms with Gasteiger partial charge < -0.3 is 10.1 Å². The molecule has 0 fully saturated rings. The summed E-state index contributed by atoms with van der Waals surface area (Å²) in [4.78, 5) is 4.32. The Balaban J connectivity index is 2.00. The van der Waals surface area contributed by atoms with Crippen LogP contribution >= 0.6 is 11.3 Å². The Hall–Kier alpha value is -1.46. The highest BCUT2D eigenvalue weighted by atomic mass is 32.1. The van der Waals surface area contributed by atoms with Crippen LogP contribution in [0.3, 0.4) is 0 Å². The highest BCUT2D eigenvalue weighted by molar-refractivity contribution is 7.09. The first-order valence-electron chi connectivity index (χ1n) is 6.59. The van der Waals surface area contributed by atoms with Crippen LogP contribution in [0.2, 0.25) is 0 Å². The number of nitrogens with one attached hydrogen (secondary N) is 1. The van der Waals surface area contributed by atoms with Gasteiger partial charge in [-0.25, -0.2) is 9.37 Å². The summed E-state index contributed by atoms with van der Waals surface area (Å²) in [7, 11) is 0. The van der Waals surface area contributed by atoms with E-state index in [0.29, 0.717) is 24.9 Å². The Morgan fingerprint density at radius 1 is 1.35 bits per heavy atom. The molecule has 0 aliphatic heterocycles. The second-order valence-corrected chi connectivity index (χ2v) is 6.04. The molecule has 1 aromatic carbocycles. The number of aromatic nitrogens is 1. The van der Waals surface area contributed by atoms with Crippen molar-refractivity contribution < 1.29 is 9.13 Å². The summed E-state index contributed by atoms with van der Waals surface area (Å²) in [5.41, 5.74) is 1.75. The number of aryl methyl sites for hydroxylation is 1. The van der Waals surface area contributed by atoms with E-state index >= 15 is 0 Å². The average Bonchev–Trinajstić information content (AvgIpc) is 2.79. The monoisotopic (exact) mass is 294 g/mol. The number of thiazole rings is 1. The Morgan fingerprint density at radius 2 is 2.15 bits per heavy atom. The molecule has 2 aromatic rings. The lowest BCUT2D eigenvalue weighted by Crippen LogP contribution is -2.21. The Labute approximate surface area is 122 Å². The van der Waals surface area contributed by atoms with Crippen LogP contribution in [-0.4, -0.2) is 11.0 Å². The molecule has 0 spiro atoms. The minimum atomic E-state index is -0.280. The van der Waals surface area contributed by atoms with Gasteiger partial charge in [0.15, 0.2) is 0 Å². The Bertz CT molecular complexity index is 569. The smallest absolute Gasteiger partial charge is 0.131 e. The van der Waals surface area contributed by atoms with E-state index in [-0.39, 0.29) is 5.82 Å². The zero-order chi connectivity index (χ0) is 14.5. The summed E-state index contributed by atoms with van der Waals surface area (Å²) in [6, 6.07) is 5.14. The summed E-state index contributed by atoms with van der Waals surface area (Å²) >= 11 is 1.58. The molecule has 0 aliphatic carbocycles. The van der Waals surface area contributed by atoms with E-state index in [1.54, 1.807) is 11.3 Å². The lowest BCUT2D eigenvalue weighted by Gasteiger charge is -2.10. The molecule has 1 aromatic heterocycles. The zero-order valence-electron chi connectivity index (χ0n) is 11.9. The number of hydrogen-bond donors (Lipinski definition) is 1. The van der Waals surface area contributed by atoms with E-state index in [1.807, 2.05) is 18.4 Å². The van der Waals surface area contributed by atoms with Crippen LogP contribution in [-0.2, 0) is 13.2 Å². The first kappa shape index (κ1) is 14.9. The zero-order valence-corrected chi connectivity index (χ0v) is 12.8. The second kappa shape index (κ2) is 6.81. The summed E-state index contributed by atoms with van der Waals surface area (Å²) in [6.45, 7) is 7.06. The molecule has 0 radical (unpaired) electrons. The highest BCUT2D eigenvalue weighted by Crippen LogP contribution is 2.18. The number of halogens is 1. The van der Waals surface area contributed by atoms with Crippen LogP contribution in [0.5, 0.6) is 5.75 Å². The second-order valence-electron chi connectivity index (χ2n) is 4.98. The minimum Gasteiger partial charge on any atom is -0.487 e. The van der Waals surface area contributed by atoms with E-state index in [4.69, 9.17) is 4.74 Å². The van der Waals surface area contributed by atoms with Gasteiger partial charge in [0.25, 0.3) is 0 Å². The third-order valence-electron chi connectivity index (χ3n) is 2.70. The largest absolute Gasteiger partial charge is 0.487 e. The predicted octanol–water partition coefficient (Wildman–Crippen LogP) is 3.67. The maximum Gasteiger partial charge on any atom is 0.131 e. The van der Waals surface area contributed by atoms with Gasteiger partial charge in [-0.15, -0.1) is 11.3 Å². The maximum atomic E-state index is 13.6. The van der Waals surface area contributed by atoms with E-state index < -0.39 is 0 Å². The van der Waals surface area contributed by atoms with E-state index in [9.17, 15) is 4.39 Å². The number of hydrogen-bond acceptors (Lipinski definition) is 4. The van der Waals surface area contributed by atoms with Gasteiger partial charge in [0, 0.05) is 24.0 Å². The maximum absolute atomic E-state index is 13.6. The van der Waals surface area contributed by atoms with Crippen LogP contribution < -0.4 is 10.1 Å². The molecule has 0 saturated carbocycles. The van der Waals surface area contributed by atoms with Crippen LogP contribution in [0.4, 0.5) is 4.39 Å². The van der Waals surface area contributed by atoms with Crippen molar-refractivity contribution in [2.45, 2.75) is 40.0 Å². The number of nitrogens with zero attached hydrogens (tertiary/aromatic N) is 1. The van der Waals surface area contributed by atoms with Crippen LogP contribution in [0.1, 0.15) is 30.1 Å². The topological polar surface area (TPSA) is 34.1 Å². The molecular formula is C15H19FN2OS. The molecule has 20 heavy (non-hydrogen) atoms. The van der Waals surface area contributed by atoms with Gasteiger partial charge in [-0.05, 0) is 24.6 Å². The average molecular weight is 294 g/mol. The fourth-order valence-corrected chi connectivity index (χ4v) is 2.36. The van der Waals surface area contributed by atoms with Gasteiger partial charge in [-0.3, -0.25) is 0 Å². The van der Waals surface area contributed by atoms with E-state index in [2.05, 4.69) is 24.1 Å². The minimum absolute atomic E-state index is 0.280. The fourth-order valence-electron chi connectivity index (χ4n) is 1.76. The Morgan fingerprint density at radius 3 is 2.80 bits per heavy atom. The molecule has 108 valence electrons. The number of rotatable bonds is 6. The van der Waals surface area contributed by atoms with Crippen molar-refractivity contribution in [1.29, 1.82) is 0 Å². The van der Waals surface area contributed by atoms with Gasteiger partial charge in [0.2, 0.25) is 0 Å². The SMILES string of the molecule is Cc1nc(COc2cc(F)cc(CNC(C)C)c2)cs1. The summed E-state index contributed by atoms with van der Waals surface area (Å²) in [5, 5.41) is 6.22. The third kappa shape index (κ3) is 4.58. The molecular weight excluding hydrogens is 275 g/mol. The van der Waals surface area contributed by atoms with Gasteiger partial charge in [-0.2, -0.15) is 0 Å². The molecule has 0 unspecified atom stereocenters. The Kier molecular flexibility index (Phi) is 5.09. The van der Waals surface area contributed by atoms with Crippen molar-refractivity contribution >= 4 is 11.3 Å². The lowest BCUT2D eigenvalue weighted by atomic mass is 10.2. The van der Waals surface area contributed by atoms with Gasteiger partial charge >= 0.3 is 0 Å². The molecule has 1 heterocycles. The molecule has 2 rings (SSSR count). The van der Waals surface area contributed by atoms with Gasteiger partial charge in [-0.1, -0.05) is 13.8 Å². The summed E-state index contributed by atoms with van der Waals surface area (Å²) in [5.74, 6) is 0.258. The molecule has 0 saturated heterocycles. The normalized spacial score (nSPS) is 11.1. The predicted molar refractivity (Wildman–Crippen MR) is 79.6 cm³/mol. The van der Waals surface area contributed by atoms with Crippen molar-refractivity contribution in [3.05, 3.63) is 45.7 Å². The van der Waals surface area contributed by atoms with Crippen molar-refractivity contribution in [3.8, 4) is 5.75 Å². The van der Waals surface area contributed by atoms with Crippen molar-refractivity contribution in [1.82, 2.24) is 10.3 Å². The first-order chi connectivity index (χ1) is 9.52. The molecule has 0 amide bonds. The first-order valence-corrected chi connectivity index (χ1v) is 7.47. The molecule has 1 N–H and O–H groups in total. The summed E-state index contributed by atoms with van der Waals surface area (Å²) in [6.07, 6.45) is 0. The molecule has 0 bridgehead atoms. The molecule has 5 heteroatoms. The standard InChI is InChI=1S/C15H19FN2OS/c1-10(2)17-7-12-4-13(16)6-15(5-12)19-8-14-9-20-11(3)18-14/h4-6,9-10,17H,7-8H2,1-3H3. The van der Waals surface area contributed by atoms with Gasteiger partial charge in [0.05, 0.1) is 10.7 Å². The van der Waals surface area contributed by atoms with Crippen LogP contribution in [0, 0.1) is 12.7 Å². The lowest BCUT2D eigenvalue weighted by molar-refractivity contribution is 0.300. The number of benzene rings is 1. The fraction of sp³-hybridized carbons (Fsp3) is 0.400. The van der Waals surface area contributed by atoms with Gasteiger partial charge in [0.1, 0.15) is 18.2 Å². The quantitative estimate of drug-likeness (QED) is 0.882. The third-order valence-corrected chi connectivity index (χ3v) is 3.52. The van der Waals surface area contributed by atoms with E-state index in [0.717, 1.165) is 16.3 Å².